The fourth-order valence-electron chi connectivity index (χ4n) is 4.07. The number of aromatic nitrogens is 1. The van der Waals surface area contributed by atoms with E-state index in [9.17, 15) is 13.6 Å². The van der Waals surface area contributed by atoms with Crippen LogP contribution >= 0.6 is 0 Å². The second kappa shape index (κ2) is 6.82. The smallest absolute Gasteiger partial charge is 0.251 e. The first-order chi connectivity index (χ1) is 12.5. The van der Waals surface area contributed by atoms with Gasteiger partial charge in [-0.15, -0.1) is 0 Å². The summed E-state index contributed by atoms with van der Waals surface area (Å²) in [4.78, 5) is 21.1. The number of alkyl halides is 2. The quantitative estimate of drug-likeness (QED) is 0.820. The van der Waals surface area contributed by atoms with Crippen molar-refractivity contribution in [3.8, 4) is 0 Å². The number of nitrogens with zero attached hydrogens (tertiary/aromatic N) is 3. The maximum absolute atomic E-state index is 13.4. The molecule has 2 aliphatic rings. The van der Waals surface area contributed by atoms with Gasteiger partial charge < -0.3 is 9.80 Å². The number of fused-ring (bicyclic) bond motifs is 1. The Morgan fingerprint density at radius 1 is 1.12 bits per heavy atom. The number of carbonyl (C=O) groups is 1. The normalized spacial score (nSPS) is 23.2. The maximum Gasteiger partial charge on any atom is 0.251 e. The average molecular weight is 359 g/mol. The number of halogens is 2. The number of anilines is 1. The van der Waals surface area contributed by atoms with Crippen molar-refractivity contribution in [3.63, 3.8) is 0 Å². The lowest BCUT2D eigenvalue weighted by Crippen LogP contribution is -2.49. The molecule has 0 radical (unpaired) electrons. The van der Waals surface area contributed by atoms with Crippen molar-refractivity contribution in [2.75, 3.05) is 31.1 Å². The van der Waals surface area contributed by atoms with E-state index in [0.717, 1.165) is 36.0 Å². The number of piperidine rings is 2. The summed E-state index contributed by atoms with van der Waals surface area (Å²) >= 11 is 0. The molecule has 6 heteroatoms. The topological polar surface area (TPSA) is 36.4 Å². The first kappa shape index (κ1) is 17.2. The number of carbonyl (C=O) groups excluding carboxylic acids is 1. The molecule has 1 unspecified atom stereocenters. The number of pyridine rings is 1. The molecule has 1 atom stereocenters. The third-order valence-corrected chi connectivity index (χ3v) is 5.54. The summed E-state index contributed by atoms with van der Waals surface area (Å²) in [6.07, 6.45) is 3.12. The summed E-state index contributed by atoms with van der Waals surface area (Å²) in [6, 6.07) is 9.99. The Morgan fingerprint density at radius 2 is 1.88 bits per heavy atom. The van der Waals surface area contributed by atoms with Crippen LogP contribution in [0.2, 0.25) is 0 Å². The molecular formula is C20H23F2N3O. The Balaban J connectivity index is 1.50. The molecule has 2 saturated heterocycles. The third-order valence-electron chi connectivity index (χ3n) is 5.54. The minimum absolute atomic E-state index is 0.0311. The lowest BCUT2D eigenvalue weighted by Gasteiger charge is -2.38. The summed E-state index contributed by atoms with van der Waals surface area (Å²) < 4.78 is 26.7. The molecule has 1 aromatic heterocycles. The molecule has 4 rings (SSSR count). The summed E-state index contributed by atoms with van der Waals surface area (Å²) in [5.74, 6) is -2.71. The van der Waals surface area contributed by atoms with Crippen molar-refractivity contribution in [3.05, 3.63) is 36.5 Å². The molecule has 138 valence electrons. The number of likely N-dealkylation sites (tertiary alicyclic amines) is 1. The summed E-state index contributed by atoms with van der Waals surface area (Å²) in [5.41, 5.74) is 2.04. The minimum Gasteiger partial charge on any atom is -0.370 e. The van der Waals surface area contributed by atoms with Crippen LogP contribution in [0.5, 0.6) is 0 Å². The standard InChI is InChI=1S/C20H23F2N3O/c21-20(22)8-12-24(13-9-20)19(26)15-4-3-11-25(14-15)18-7-10-23-17-6-2-1-5-16(17)18/h1-2,5-7,10,15H,3-4,8-9,11-14H2. The van der Waals surface area contributed by atoms with Gasteiger partial charge in [0.1, 0.15) is 0 Å². The lowest BCUT2D eigenvalue weighted by molar-refractivity contribution is -0.141. The minimum atomic E-state index is -2.62. The van der Waals surface area contributed by atoms with Gasteiger partial charge >= 0.3 is 0 Å². The van der Waals surface area contributed by atoms with Crippen molar-refractivity contribution in [1.82, 2.24) is 9.88 Å². The van der Waals surface area contributed by atoms with Crippen LogP contribution in [-0.4, -0.2) is 47.9 Å². The van der Waals surface area contributed by atoms with Crippen LogP contribution in [0.1, 0.15) is 25.7 Å². The molecule has 1 amide bonds. The first-order valence-electron chi connectivity index (χ1n) is 9.29. The van der Waals surface area contributed by atoms with E-state index in [0.29, 0.717) is 6.54 Å². The molecular weight excluding hydrogens is 336 g/mol. The van der Waals surface area contributed by atoms with Gasteiger partial charge in [0, 0.05) is 56.3 Å². The van der Waals surface area contributed by atoms with E-state index in [1.165, 1.54) is 0 Å². The molecule has 4 nitrogen and oxygen atoms in total. The number of para-hydroxylation sites is 1. The highest BCUT2D eigenvalue weighted by Crippen LogP contribution is 2.32. The fourth-order valence-corrected chi connectivity index (χ4v) is 4.07. The summed E-state index contributed by atoms with van der Waals surface area (Å²) in [7, 11) is 0. The Labute approximate surface area is 151 Å². The second-order valence-electron chi connectivity index (χ2n) is 7.31. The number of hydrogen-bond acceptors (Lipinski definition) is 3. The Bertz CT molecular complexity index is 795. The monoisotopic (exact) mass is 359 g/mol. The zero-order valence-electron chi connectivity index (χ0n) is 14.7. The molecule has 2 fully saturated rings. The Morgan fingerprint density at radius 3 is 2.69 bits per heavy atom. The predicted molar refractivity (Wildman–Crippen MR) is 97.4 cm³/mol. The van der Waals surface area contributed by atoms with Crippen LogP contribution in [0.3, 0.4) is 0 Å². The molecule has 1 aromatic carbocycles. The molecule has 0 aliphatic carbocycles. The highest BCUT2D eigenvalue weighted by molar-refractivity contribution is 5.92. The zero-order chi connectivity index (χ0) is 18.1. The number of benzene rings is 1. The second-order valence-corrected chi connectivity index (χ2v) is 7.31. The third kappa shape index (κ3) is 3.37. The fraction of sp³-hybridized carbons (Fsp3) is 0.500. The van der Waals surface area contributed by atoms with Gasteiger partial charge in [-0.1, -0.05) is 18.2 Å². The van der Waals surface area contributed by atoms with Gasteiger partial charge in [0.2, 0.25) is 5.91 Å². The maximum atomic E-state index is 13.4. The van der Waals surface area contributed by atoms with Gasteiger partial charge in [-0.05, 0) is 25.0 Å². The molecule has 0 spiro atoms. The molecule has 26 heavy (non-hydrogen) atoms. The largest absolute Gasteiger partial charge is 0.370 e. The molecule has 0 saturated carbocycles. The van der Waals surface area contributed by atoms with Crippen LogP contribution in [0.4, 0.5) is 14.5 Å². The molecule has 0 bridgehead atoms. The van der Waals surface area contributed by atoms with Gasteiger partial charge in [0.25, 0.3) is 5.92 Å². The van der Waals surface area contributed by atoms with E-state index < -0.39 is 5.92 Å². The van der Waals surface area contributed by atoms with Gasteiger partial charge in [-0.2, -0.15) is 0 Å². The van der Waals surface area contributed by atoms with Gasteiger partial charge in [-0.3, -0.25) is 9.78 Å². The zero-order valence-corrected chi connectivity index (χ0v) is 14.7. The van der Waals surface area contributed by atoms with Gasteiger partial charge in [0.05, 0.1) is 11.4 Å². The van der Waals surface area contributed by atoms with Crippen molar-refractivity contribution in [2.45, 2.75) is 31.6 Å². The predicted octanol–water partition coefficient (Wildman–Crippen LogP) is 3.71. The van der Waals surface area contributed by atoms with E-state index >= 15 is 0 Å². The van der Waals surface area contributed by atoms with Crippen LogP contribution in [0.15, 0.2) is 36.5 Å². The first-order valence-corrected chi connectivity index (χ1v) is 9.29. The van der Waals surface area contributed by atoms with Crippen LogP contribution in [0, 0.1) is 5.92 Å². The van der Waals surface area contributed by atoms with Crippen molar-refractivity contribution < 1.29 is 13.6 Å². The van der Waals surface area contributed by atoms with Crippen LogP contribution in [-0.2, 0) is 4.79 Å². The van der Waals surface area contributed by atoms with E-state index in [1.54, 1.807) is 11.1 Å². The van der Waals surface area contributed by atoms with Crippen molar-refractivity contribution in [1.29, 1.82) is 0 Å². The lowest BCUT2D eigenvalue weighted by atomic mass is 9.94. The molecule has 2 aromatic rings. The Hall–Kier alpha value is -2.24. The highest BCUT2D eigenvalue weighted by atomic mass is 19.3. The molecule has 0 N–H and O–H groups in total. The van der Waals surface area contributed by atoms with E-state index in [1.807, 2.05) is 24.3 Å². The average Bonchev–Trinajstić information content (AvgIpc) is 2.67. The van der Waals surface area contributed by atoms with Crippen LogP contribution < -0.4 is 4.90 Å². The van der Waals surface area contributed by atoms with Crippen molar-refractivity contribution >= 4 is 22.5 Å². The number of rotatable bonds is 2. The SMILES string of the molecule is O=C(C1CCCN(c2ccnc3ccccc23)C1)N1CCC(F)(F)CC1. The summed E-state index contributed by atoms with van der Waals surface area (Å²) in [5, 5.41) is 1.08. The van der Waals surface area contributed by atoms with E-state index in [2.05, 4.69) is 16.0 Å². The van der Waals surface area contributed by atoms with Crippen molar-refractivity contribution in [2.24, 2.45) is 5.92 Å². The summed E-state index contributed by atoms with van der Waals surface area (Å²) in [6.45, 7) is 1.87. The number of hydrogen-bond donors (Lipinski definition) is 0. The molecule has 3 heterocycles. The molecule has 2 aliphatic heterocycles. The Kier molecular flexibility index (Phi) is 4.51. The van der Waals surface area contributed by atoms with Gasteiger partial charge in [-0.25, -0.2) is 8.78 Å². The van der Waals surface area contributed by atoms with Gasteiger partial charge in [0.15, 0.2) is 0 Å². The number of amides is 1. The van der Waals surface area contributed by atoms with E-state index in [4.69, 9.17) is 0 Å². The van der Waals surface area contributed by atoms with E-state index in [-0.39, 0.29) is 37.8 Å². The highest BCUT2D eigenvalue weighted by Gasteiger charge is 2.38. The van der Waals surface area contributed by atoms with Crippen LogP contribution in [0.25, 0.3) is 10.9 Å².